The zero-order chi connectivity index (χ0) is 17.0. The van der Waals surface area contributed by atoms with E-state index in [0.29, 0.717) is 12.1 Å². The summed E-state index contributed by atoms with van der Waals surface area (Å²) in [5.41, 5.74) is 2.01. The smallest absolute Gasteiger partial charge is 0.328 e. The first-order valence-electron chi connectivity index (χ1n) is 7.34. The zero-order valence-corrected chi connectivity index (χ0v) is 13.4. The van der Waals surface area contributed by atoms with Crippen LogP contribution in [0.4, 0.5) is 0 Å². The van der Waals surface area contributed by atoms with Crippen LogP contribution in [0.3, 0.4) is 0 Å². The van der Waals surface area contributed by atoms with E-state index in [1.807, 2.05) is 37.3 Å². The number of benzene rings is 1. The third-order valence-electron chi connectivity index (χ3n) is 3.76. The maximum absolute atomic E-state index is 12.6. The van der Waals surface area contributed by atoms with E-state index in [1.165, 1.54) is 17.7 Å². The summed E-state index contributed by atoms with van der Waals surface area (Å²) in [6.07, 6.45) is 0.389. The number of hydrogen-bond donors (Lipinski definition) is 0. The van der Waals surface area contributed by atoms with Crippen LogP contribution in [0.15, 0.2) is 41.2 Å². The second-order valence-electron chi connectivity index (χ2n) is 5.23. The van der Waals surface area contributed by atoms with Gasteiger partial charge >= 0.3 is 5.97 Å². The molecule has 0 spiro atoms. The minimum Gasteiger partial charge on any atom is -0.467 e. The van der Waals surface area contributed by atoms with Crippen LogP contribution in [-0.4, -0.2) is 17.6 Å². The minimum absolute atomic E-state index is 0.00298. The second kappa shape index (κ2) is 6.93. The average Bonchev–Trinajstić information content (AvgIpc) is 2.57. The van der Waals surface area contributed by atoms with E-state index < -0.39 is 17.6 Å². The number of pyridine rings is 1. The lowest BCUT2D eigenvalue weighted by molar-refractivity contribution is -0.144. The van der Waals surface area contributed by atoms with Crippen molar-refractivity contribution in [2.24, 2.45) is 0 Å². The van der Waals surface area contributed by atoms with Gasteiger partial charge in [0.15, 0.2) is 0 Å². The van der Waals surface area contributed by atoms with Crippen molar-refractivity contribution in [2.75, 3.05) is 7.11 Å². The fraction of sp³-hybridized carbons (Fsp3) is 0.278. The maximum Gasteiger partial charge on any atom is 0.328 e. The summed E-state index contributed by atoms with van der Waals surface area (Å²) in [4.78, 5) is 24.7. The molecule has 1 heterocycles. The fourth-order valence-corrected chi connectivity index (χ4v) is 2.50. The Bertz CT molecular complexity index is 814. The van der Waals surface area contributed by atoms with Crippen molar-refractivity contribution in [3.05, 3.63) is 57.9 Å². The average molecular weight is 310 g/mol. The summed E-state index contributed by atoms with van der Waals surface area (Å²) in [6.45, 7) is 3.77. The van der Waals surface area contributed by atoms with Crippen LogP contribution in [0.5, 0.6) is 0 Å². The lowest BCUT2D eigenvalue weighted by Crippen LogP contribution is -2.32. The molecule has 23 heavy (non-hydrogen) atoms. The predicted molar refractivity (Wildman–Crippen MR) is 86.9 cm³/mol. The summed E-state index contributed by atoms with van der Waals surface area (Å²) < 4.78 is 6.17. The van der Waals surface area contributed by atoms with Gasteiger partial charge in [-0.3, -0.25) is 9.36 Å². The molecule has 0 aliphatic heterocycles. The quantitative estimate of drug-likeness (QED) is 0.814. The number of ether oxygens (including phenoxy) is 1. The molecule has 0 radical (unpaired) electrons. The largest absolute Gasteiger partial charge is 0.467 e. The number of esters is 1. The van der Waals surface area contributed by atoms with Crippen molar-refractivity contribution in [3.8, 4) is 17.3 Å². The van der Waals surface area contributed by atoms with Gasteiger partial charge in [0.25, 0.3) is 5.56 Å². The van der Waals surface area contributed by atoms with Crippen LogP contribution >= 0.6 is 0 Å². The number of methoxy groups -OCH3 is 1. The molecular formula is C18H18N2O3. The molecule has 0 aliphatic rings. The van der Waals surface area contributed by atoms with Crippen LogP contribution in [0.1, 0.15) is 30.5 Å². The van der Waals surface area contributed by atoms with Gasteiger partial charge < -0.3 is 4.74 Å². The van der Waals surface area contributed by atoms with Gasteiger partial charge in [0.1, 0.15) is 17.7 Å². The second-order valence-corrected chi connectivity index (χ2v) is 5.23. The van der Waals surface area contributed by atoms with E-state index in [0.717, 1.165) is 11.1 Å². The van der Waals surface area contributed by atoms with E-state index in [4.69, 9.17) is 10.00 Å². The molecule has 1 atom stereocenters. The van der Waals surface area contributed by atoms with Gasteiger partial charge in [-0.15, -0.1) is 0 Å². The van der Waals surface area contributed by atoms with Gasteiger partial charge in [-0.2, -0.15) is 5.26 Å². The molecular weight excluding hydrogens is 292 g/mol. The van der Waals surface area contributed by atoms with Gasteiger partial charge in [-0.1, -0.05) is 36.8 Å². The standard InChI is InChI=1S/C18H18N2O3/c1-4-15(18(22)23-3)20-16(10-9-14(11-19)17(20)21)13-7-5-12(2)6-8-13/h5-10,15H,4H2,1-3H3. The van der Waals surface area contributed by atoms with Crippen molar-refractivity contribution in [2.45, 2.75) is 26.3 Å². The van der Waals surface area contributed by atoms with Gasteiger partial charge in [0.2, 0.25) is 0 Å². The highest BCUT2D eigenvalue weighted by Crippen LogP contribution is 2.24. The lowest BCUT2D eigenvalue weighted by atomic mass is 10.1. The highest BCUT2D eigenvalue weighted by Gasteiger charge is 2.24. The Morgan fingerprint density at radius 3 is 2.43 bits per heavy atom. The summed E-state index contributed by atoms with van der Waals surface area (Å²) >= 11 is 0. The molecule has 5 nitrogen and oxygen atoms in total. The number of nitrogens with zero attached hydrogens (tertiary/aromatic N) is 2. The van der Waals surface area contributed by atoms with Gasteiger partial charge in [0.05, 0.1) is 12.8 Å². The van der Waals surface area contributed by atoms with Gasteiger partial charge in [0, 0.05) is 0 Å². The first kappa shape index (κ1) is 16.5. The van der Waals surface area contributed by atoms with E-state index >= 15 is 0 Å². The topological polar surface area (TPSA) is 72.1 Å². The molecule has 0 amide bonds. The molecule has 118 valence electrons. The monoisotopic (exact) mass is 310 g/mol. The summed E-state index contributed by atoms with van der Waals surface area (Å²) in [6, 6.07) is 11.9. The summed E-state index contributed by atoms with van der Waals surface area (Å²) in [5, 5.41) is 9.11. The normalized spacial score (nSPS) is 11.6. The van der Waals surface area contributed by atoms with Gasteiger partial charge in [-0.25, -0.2) is 4.79 Å². The summed E-state index contributed by atoms with van der Waals surface area (Å²) in [5.74, 6) is -0.502. The number of nitriles is 1. The molecule has 1 unspecified atom stereocenters. The van der Waals surface area contributed by atoms with E-state index in [1.54, 1.807) is 13.0 Å². The van der Waals surface area contributed by atoms with Crippen LogP contribution < -0.4 is 5.56 Å². The van der Waals surface area contributed by atoms with Crippen molar-refractivity contribution < 1.29 is 9.53 Å². The number of rotatable bonds is 4. The molecule has 1 aromatic heterocycles. The number of aromatic nitrogens is 1. The predicted octanol–water partition coefficient (Wildman–Crippen LogP) is 2.82. The first-order valence-corrected chi connectivity index (χ1v) is 7.34. The molecule has 2 rings (SSSR count). The van der Waals surface area contributed by atoms with Crippen molar-refractivity contribution >= 4 is 5.97 Å². The molecule has 0 fully saturated rings. The SMILES string of the molecule is CCC(C(=O)OC)n1c(-c2ccc(C)cc2)ccc(C#N)c1=O. The Labute approximate surface area is 134 Å². The van der Waals surface area contributed by atoms with Crippen LogP contribution in [0, 0.1) is 18.3 Å². The molecule has 0 aliphatic carbocycles. The Hall–Kier alpha value is -2.87. The lowest BCUT2D eigenvalue weighted by Gasteiger charge is -2.20. The number of carbonyl (C=O) groups excluding carboxylic acids is 1. The Balaban J connectivity index is 2.75. The van der Waals surface area contributed by atoms with Crippen molar-refractivity contribution in [1.82, 2.24) is 4.57 Å². The number of carbonyl (C=O) groups is 1. The molecule has 0 saturated heterocycles. The van der Waals surface area contributed by atoms with E-state index in [9.17, 15) is 9.59 Å². The molecule has 0 N–H and O–H groups in total. The third kappa shape index (κ3) is 3.16. The first-order chi connectivity index (χ1) is 11.0. The minimum atomic E-state index is -0.767. The van der Waals surface area contributed by atoms with E-state index in [-0.39, 0.29) is 5.56 Å². The maximum atomic E-state index is 12.6. The Kier molecular flexibility index (Phi) is 4.97. The van der Waals surface area contributed by atoms with Gasteiger partial charge in [-0.05, 0) is 31.0 Å². The highest BCUT2D eigenvalue weighted by atomic mass is 16.5. The van der Waals surface area contributed by atoms with Crippen molar-refractivity contribution in [1.29, 1.82) is 5.26 Å². The molecule has 1 aromatic carbocycles. The number of hydrogen-bond acceptors (Lipinski definition) is 4. The summed E-state index contributed by atoms with van der Waals surface area (Å²) in [7, 11) is 1.29. The van der Waals surface area contributed by atoms with E-state index in [2.05, 4.69) is 0 Å². The highest BCUT2D eigenvalue weighted by molar-refractivity contribution is 5.75. The van der Waals surface area contributed by atoms with Crippen molar-refractivity contribution in [3.63, 3.8) is 0 Å². The Morgan fingerprint density at radius 2 is 1.91 bits per heavy atom. The van der Waals surface area contributed by atoms with Crippen LogP contribution in [-0.2, 0) is 9.53 Å². The molecule has 0 bridgehead atoms. The Morgan fingerprint density at radius 1 is 1.26 bits per heavy atom. The number of aryl methyl sites for hydroxylation is 1. The van der Waals surface area contributed by atoms with Crippen LogP contribution in [0.2, 0.25) is 0 Å². The molecule has 5 heteroatoms. The third-order valence-corrected chi connectivity index (χ3v) is 3.76. The molecule has 2 aromatic rings. The fourth-order valence-electron chi connectivity index (χ4n) is 2.50. The molecule has 0 saturated carbocycles. The zero-order valence-electron chi connectivity index (χ0n) is 13.4. The van der Waals surface area contributed by atoms with Crippen LogP contribution in [0.25, 0.3) is 11.3 Å².